The maximum Gasteiger partial charge on any atom is 0.346 e. The molecular weight excluding hydrogens is 512 g/mol. The molecule has 0 saturated carbocycles. The molecule has 0 N–H and O–H groups in total. The predicted octanol–water partition coefficient (Wildman–Crippen LogP) is 9.00. The average molecular weight is 551 g/mol. The molecule has 0 aliphatic carbocycles. The zero-order valence-corrected chi connectivity index (χ0v) is 25.7. The quantitative estimate of drug-likeness (QED) is 0.195. The fraction of sp³-hybridized carbons (Fsp3) is 0.429. The molecule has 4 heterocycles. The number of aromatic nitrogens is 1. The van der Waals surface area contributed by atoms with Gasteiger partial charge >= 0.3 is 5.63 Å². The summed E-state index contributed by atoms with van der Waals surface area (Å²) in [5.41, 5.74) is 8.23. The Kier molecular flexibility index (Phi) is 5.28. The van der Waals surface area contributed by atoms with Crippen molar-refractivity contribution in [2.24, 2.45) is 0 Å². The van der Waals surface area contributed by atoms with Gasteiger partial charge in [0.05, 0.1) is 15.8 Å². The van der Waals surface area contributed by atoms with E-state index in [1.54, 1.807) is 11.3 Å². The van der Waals surface area contributed by atoms with Gasteiger partial charge in [0.25, 0.3) is 0 Å². The van der Waals surface area contributed by atoms with Gasteiger partial charge in [0.15, 0.2) is 0 Å². The minimum absolute atomic E-state index is 0.0611. The second-order valence-electron chi connectivity index (χ2n) is 14.3. The summed E-state index contributed by atoms with van der Waals surface area (Å²) in [4.78, 5) is 21.3. The smallest absolute Gasteiger partial charge is 0.346 e. The van der Waals surface area contributed by atoms with Gasteiger partial charge in [0, 0.05) is 35.1 Å². The molecule has 0 radical (unpaired) electrons. The summed E-state index contributed by atoms with van der Waals surface area (Å²) >= 11 is 1.60. The highest BCUT2D eigenvalue weighted by Gasteiger charge is 2.42. The number of hydrogen-bond donors (Lipinski definition) is 0. The molecule has 3 aromatic carbocycles. The van der Waals surface area contributed by atoms with E-state index in [1.807, 2.05) is 0 Å². The molecule has 5 aromatic rings. The summed E-state index contributed by atoms with van der Waals surface area (Å²) in [6.07, 6.45) is 2.17. The molecular formula is C35H38N2O2S. The van der Waals surface area contributed by atoms with Gasteiger partial charge in [-0.05, 0) is 70.2 Å². The summed E-state index contributed by atoms with van der Waals surface area (Å²) < 4.78 is 7.44. The first-order chi connectivity index (χ1) is 18.8. The number of nitrogens with zero attached hydrogens (tertiary/aromatic N) is 2. The second kappa shape index (κ2) is 8.19. The van der Waals surface area contributed by atoms with Crippen LogP contribution >= 0.6 is 11.3 Å². The van der Waals surface area contributed by atoms with E-state index in [-0.39, 0.29) is 21.9 Å². The van der Waals surface area contributed by atoms with E-state index in [1.165, 1.54) is 33.2 Å². The first-order valence-corrected chi connectivity index (χ1v) is 15.3. The highest BCUT2D eigenvalue weighted by molar-refractivity contribution is 7.22. The Morgan fingerprint density at radius 2 is 1.68 bits per heavy atom. The van der Waals surface area contributed by atoms with Crippen LogP contribution in [-0.2, 0) is 16.2 Å². The molecule has 0 unspecified atom stereocenters. The highest BCUT2D eigenvalue weighted by Crippen LogP contribution is 2.52. The predicted molar refractivity (Wildman–Crippen MR) is 170 cm³/mol. The van der Waals surface area contributed by atoms with Gasteiger partial charge in [0.1, 0.15) is 10.6 Å². The van der Waals surface area contributed by atoms with Crippen LogP contribution in [0.25, 0.3) is 42.5 Å². The topological polar surface area (TPSA) is 46.3 Å². The lowest BCUT2D eigenvalue weighted by Crippen LogP contribution is -2.44. The minimum Gasteiger partial charge on any atom is -0.422 e. The van der Waals surface area contributed by atoms with Crippen molar-refractivity contribution in [1.29, 1.82) is 0 Å². The molecule has 0 fully saturated rings. The Labute approximate surface area is 240 Å². The number of anilines is 1. The molecule has 2 aliphatic rings. The van der Waals surface area contributed by atoms with Crippen LogP contribution in [0.15, 0.2) is 45.6 Å². The molecule has 2 aromatic heterocycles. The second-order valence-corrected chi connectivity index (χ2v) is 15.3. The Bertz CT molecular complexity index is 1930. The van der Waals surface area contributed by atoms with Gasteiger partial charge in [-0.15, -0.1) is 11.3 Å². The van der Waals surface area contributed by atoms with Crippen LogP contribution in [0.5, 0.6) is 0 Å². The van der Waals surface area contributed by atoms with E-state index in [4.69, 9.17) is 9.40 Å². The Morgan fingerprint density at radius 3 is 2.40 bits per heavy atom. The molecule has 2 aliphatic heterocycles. The molecule has 0 spiro atoms. The SMILES string of the molecule is Cc1c(-c2nc3ccc4cc(C(C)(C)C)ccc4c3s2)c(=O)oc2c3c4c(cc12)C(C)(C)CCN4CCC3(C)C. The number of fused-ring (bicyclic) bond motifs is 5. The van der Waals surface area contributed by atoms with Gasteiger partial charge < -0.3 is 9.32 Å². The highest BCUT2D eigenvalue weighted by atomic mass is 32.1. The molecule has 7 rings (SSSR count). The van der Waals surface area contributed by atoms with Crippen LogP contribution in [-0.4, -0.2) is 18.1 Å². The first kappa shape index (κ1) is 25.8. The molecule has 0 saturated heterocycles. The van der Waals surface area contributed by atoms with Crippen LogP contribution in [0.4, 0.5) is 5.69 Å². The third-order valence-corrected chi connectivity index (χ3v) is 10.7. The molecule has 4 nitrogen and oxygen atoms in total. The van der Waals surface area contributed by atoms with Crippen molar-refractivity contribution in [3.63, 3.8) is 0 Å². The molecule has 40 heavy (non-hydrogen) atoms. The molecule has 0 amide bonds. The third-order valence-electron chi connectivity index (χ3n) is 9.62. The summed E-state index contributed by atoms with van der Waals surface area (Å²) in [6, 6.07) is 13.3. The lowest BCUT2D eigenvalue weighted by Gasteiger charge is -2.48. The van der Waals surface area contributed by atoms with Crippen LogP contribution in [0.2, 0.25) is 0 Å². The van der Waals surface area contributed by atoms with E-state index < -0.39 is 0 Å². The van der Waals surface area contributed by atoms with Crippen molar-refractivity contribution < 1.29 is 4.42 Å². The fourth-order valence-corrected chi connectivity index (χ4v) is 8.09. The monoisotopic (exact) mass is 550 g/mol. The maximum absolute atomic E-state index is 13.8. The van der Waals surface area contributed by atoms with Crippen molar-refractivity contribution in [1.82, 2.24) is 4.98 Å². The third kappa shape index (κ3) is 3.62. The van der Waals surface area contributed by atoms with Gasteiger partial charge in [-0.1, -0.05) is 72.7 Å². The number of rotatable bonds is 1. The summed E-state index contributed by atoms with van der Waals surface area (Å²) in [6.45, 7) is 20.2. The van der Waals surface area contributed by atoms with Crippen molar-refractivity contribution in [2.75, 3.05) is 18.0 Å². The summed E-state index contributed by atoms with van der Waals surface area (Å²) in [5.74, 6) is 0. The minimum atomic E-state index is -0.289. The van der Waals surface area contributed by atoms with Gasteiger partial charge in [-0.2, -0.15) is 0 Å². The van der Waals surface area contributed by atoms with E-state index in [2.05, 4.69) is 96.7 Å². The van der Waals surface area contributed by atoms with Crippen molar-refractivity contribution >= 4 is 49.0 Å². The zero-order valence-electron chi connectivity index (χ0n) is 24.9. The Morgan fingerprint density at radius 1 is 0.950 bits per heavy atom. The van der Waals surface area contributed by atoms with Gasteiger partial charge in [-0.3, -0.25) is 0 Å². The average Bonchev–Trinajstić information content (AvgIpc) is 3.30. The van der Waals surface area contributed by atoms with Gasteiger partial charge in [-0.25, -0.2) is 9.78 Å². The van der Waals surface area contributed by atoms with Crippen molar-refractivity contribution in [3.8, 4) is 10.6 Å². The van der Waals surface area contributed by atoms with E-state index >= 15 is 0 Å². The number of thiazole rings is 1. The molecule has 0 atom stereocenters. The Hall–Kier alpha value is -3.18. The van der Waals surface area contributed by atoms with Gasteiger partial charge in [0.2, 0.25) is 0 Å². The van der Waals surface area contributed by atoms with Crippen LogP contribution in [0.1, 0.15) is 83.6 Å². The lowest BCUT2D eigenvalue weighted by molar-refractivity contribution is 0.398. The summed E-state index contributed by atoms with van der Waals surface area (Å²) in [5, 5.41) is 4.17. The van der Waals surface area contributed by atoms with E-state index in [9.17, 15) is 4.79 Å². The Balaban J connectivity index is 1.49. The molecule has 206 valence electrons. The number of aryl methyl sites for hydroxylation is 1. The molecule has 5 heteroatoms. The number of benzene rings is 3. The standard InChI is InChI=1S/C35H38N2O2S/c1-19-23-18-24-28-27(35(7,8)14-16-37(28)15-13-34(24,5)6)29(23)39-32(38)26(19)31-36-25-12-9-20-17-21(33(2,3)4)10-11-22(20)30(25)40-31/h9-12,17-18H,13-16H2,1-8H3. The largest absolute Gasteiger partial charge is 0.422 e. The van der Waals surface area contributed by atoms with Crippen molar-refractivity contribution in [2.45, 2.75) is 84.5 Å². The van der Waals surface area contributed by atoms with Crippen LogP contribution in [0.3, 0.4) is 0 Å². The van der Waals surface area contributed by atoms with E-state index in [0.717, 1.165) is 57.7 Å². The number of hydrogen-bond acceptors (Lipinski definition) is 5. The maximum atomic E-state index is 13.8. The fourth-order valence-electron chi connectivity index (χ4n) is 6.90. The normalized spacial score (nSPS) is 18.1. The van der Waals surface area contributed by atoms with Crippen molar-refractivity contribution in [3.05, 3.63) is 69.1 Å². The molecule has 0 bridgehead atoms. The lowest BCUT2D eigenvalue weighted by atomic mass is 9.69. The van der Waals surface area contributed by atoms with Crippen LogP contribution < -0.4 is 10.5 Å². The zero-order chi connectivity index (χ0) is 28.4. The first-order valence-electron chi connectivity index (χ1n) is 14.5. The van der Waals surface area contributed by atoms with E-state index in [0.29, 0.717) is 5.56 Å². The summed E-state index contributed by atoms with van der Waals surface area (Å²) in [7, 11) is 0. The van der Waals surface area contributed by atoms with Crippen LogP contribution in [0, 0.1) is 6.92 Å².